The first-order valence-electron chi connectivity index (χ1n) is 6.87. The predicted octanol–water partition coefficient (Wildman–Crippen LogP) is 3.15. The molecule has 0 amide bonds. The Balaban J connectivity index is 2.40. The molecule has 112 valence electrons. The first-order chi connectivity index (χ1) is 10.0. The molecule has 1 N–H and O–H groups in total. The van der Waals surface area contributed by atoms with Crippen molar-refractivity contribution < 1.29 is 9.90 Å². The van der Waals surface area contributed by atoms with Gasteiger partial charge in [0.25, 0.3) is 0 Å². The third kappa shape index (κ3) is 3.85. The molecule has 1 aromatic heterocycles. The van der Waals surface area contributed by atoms with Crippen LogP contribution in [0.2, 0.25) is 0 Å². The predicted molar refractivity (Wildman–Crippen MR) is 83.6 cm³/mol. The van der Waals surface area contributed by atoms with Crippen LogP contribution in [0.4, 0.5) is 0 Å². The Morgan fingerprint density at radius 2 is 1.90 bits per heavy atom. The molecule has 5 nitrogen and oxygen atoms in total. The second-order valence-electron chi connectivity index (χ2n) is 5.02. The van der Waals surface area contributed by atoms with Crippen LogP contribution >= 0.6 is 11.8 Å². The lowest BCUT2D eigenvalue weighted by Crippen LogP contribution is -2.04. The lowest BCUT2D eigenvalue weighted by Gasteiger charge is -2.09. The largest absolute Gasteiger partial charge is 0.481 e. The summed E-state index contributed by atoms with van der Waals surface area (Å²) >= 11 is 1.21. The average molecular weight is 305 g/mol. The highest BCUT2D eigenvalue weighted by atomic mass is 32.2. The number of nitrogens with zero attached hydrogens (tertiary/aromatic N) is 3. The highest BCUT2D eigenvalue weighted by Gasteiger charge is 2.15. The molecule has 0 saturated heterocycles. The first-order valence-corrected chi connectivity index (χ1v) is 7.86. The van der Waals surface area contributed by atoms with Crippen LogP contribution < -0.4 is 0 Å². The van der Waals surface area contributed by atoms with Gasteiger partial charge in [-0.1, -0.05) is 35.9 Å². The Kier molecular flexibility index (Phi) is 5.01. The number of carboxylic acids is 1. The molecular formula is C15H19N3O2S. The molecule has 0 spiro atoms. The summed E-state index contributed by atoms with van der Waals surface area (Å²) in [6.45, 7) is 6.96. The normalized spacial score (nSPS) is 10.8. The van der Waals surface area contributed by atoms with E-state index in [0.717, 1.165) is 24.4 Å². The molecule has 1 aromatic carbocycles. The molecule has 0 aliphatic rings. The highest BCUT2D eigenvalue weighted by molar-refractivity contribution is 7.99. The second-order valence-corrected chi connectivity index (χ2v) is 5.96. The van der Waals surface area contributed by atoms with E-state index in [9.17, 15) is 4.79 Å². The van der Waals surface area contributed by atoms with Gasteiger partial charge in [-0.15, -0.1) is 10.2 Å². The van der Waals surface area contributed by atoms with E-state index in [1.807, 2.05) is 4.57 Å². The molecular weight excluding hydrogens is 286 g/mol. The SMILES string of the molecule is CCCn1c(SCC(=O)O)nnc1-c1cc(C)cc(C)c1. The maximum Gasteiger partial charge on any atom is 0.313 e. The standard InChI is InChI=1S/C15H19N3O2S/c1-4-5-18-14(12-7-10(2)6-11(3)8-12)16-17-15(18)21-9-13(19)20/h6-8H,4-5,9H2,1-3H3,(H,19,20). The quantitative estimate of drug-likeness (QED) is 0.830. The summed E-state index contributed by atoms with van der Waals surface area (Å²) in [5, 5.41) is 17.9. The van der Waals surface area contributed by atoms with Crippen molar-refractivity contribution in [3.05, 3.63) is 29.3 Å². The Hall–Kier alpha value is -1.82. The number of carboxylic acid groups (broad SMARTS) is 1. The number of carbonyl (C=O) groups is 1. The van der Waals surface area contributed by atoms with Crippen LogP contribution in [0.15, 0.2) is 23.4 Å². The van der Waals surface area contributed by atoms with Crippen LogP contribution in [0.25, 0.3) is 11.4 Å². The lowest BCUT2D eigenvalue weighted by atomic mass is 10.1. The molecule has 6 heteroatoms. The van der Waals surface area contributed by atoms with Crippen molar-refractivity contribution in [2.75, 3.05) is 5.75 Å². The summed E-state index contributed by atoms with van der Waals surface area (Å²) < 4.78 is 2.00. The minimum absolute atomic E-state index is 0.00527. The third-order valence-electron chi connectivity index (χ3n) is 2.97. The summed E-state index contributed by atoms with van der Waals surface area (Å²) in [6.07, 6.45) is 0.941. The van der Waals surface area contributed by atoms with Crippen molar-refractivity contribution in [3.63, 3.8) is 0 Å². The monoisotopic (exact) mass is 305 g/mol. The molecule has 0 radical (unpaired) electrons. The van der Waals surface area contributed by atoms with E-state index < -0.39 is 5.97 Å². The van der Waals surface area contributed by atoms with Gasteiger partial charge < -0.3 is 9.67 Å². The van der Waals surface area contributed by atoms with Crippen molar-refractivity contribution in [1.82, 2.24) is 14.8 Å². The van der Waals surface area contributed by atoms with Crippen LogP contribution in [-0.4, -0.2) is 31.6 Å². The molecule has 0 saturated carbocycles. The van der Waals surface area contributed by atoms with Crippen LogP contribution in [-0.2, 0) is 11.3 Å². The van der Waals surface area contributed by atoms with E-state index >= 15 is 0 Å². The van der Waals surface area contributed by atoms with E-state index in [1.165, 1.54) is 22.9 Å². The number of hydrogen-bond donors (Lipinski definition) is 1. The number of benzene rings is 1. The fourth-order valence-electron chi connectivity index (χ4n) is 2.26. The molecule has 0 aliphatic carbocycles. The Morgan fingerprint density at radius 1 is 1.24 bits per heavy atom. The zero-order valence-electron chi connectivity index (χ0n) is 12.5. The number of aromatic nitrogens is 3. The lowest BCUT2D eigenvalue weighted by molar-refractivity contribution is -0.133. The van der Waals surface area contributed by atoms with Gasteiger partial charge in [0.2, 0.25) is 0 Å². The molecule has 0 fully saturated rings. The van der Waals surface area contributed by atoms with Crippen LogP contribution in [0.5, 0.6) is 0 Å². The molecule has 1 heterocycles. The smallest absolute Gasteiger partial charge is 0.313 e. The van der Waals surface area contributed by atoms with E-state index in [0.29, 0.717) is 5.16 Å². The Bertz CT molecular complexity index is 632. The molecule has 2 rings (SSSR count). The summed E-state index contributed by atoms with van der Waals surface area (Å²) in [5.74, 6) is -0.0511. The van der Waals surface area contributed by atoms with Crippen LogP contribution in [0, 0.1) is 13.8 Å². The zero-order chi connectivity index (χ0) is 15.4. The molecule has 0 aliphatic heterocycles. The first kappa shape index (κ1) is 15.6. The third-order valence-corrected chi connectivity index (χ3v) is 3.92. The average Bonchev–Trinajstić information content (AvgIpc) is 2.79. The van der Waals surface area contributed by atoms with Gasteiger partial charge in [0.1, 0.15) is 0 Å². The van der Waals surface area contributed by atoms with Gasteiger partial charge in [0.05, 0.1) is 5.75 Å². The van der Waals surface area contributed by atoms with E-state index in [2.05, 4.69) is 49.2 Å². The zero-order valence-corrected chi connectivity index (χ0v) is 13.3. The van der Waals surface area contributed by atoms with Crippen molar-refractivity contribution in [3.8, 4) is 11.4 Å². The molecule has 0 bridgehead atoms. The number of thioether (sulfide) groups is 1. The van der Waals surface area contributed by atoms with Gasteiger partial charge in [0, 0.05) is 12.1 Å². The maximum atomic E-state index is 10.7. The van der Waals surface area contributed by atoms with Crippen molar-refractivity contribution in [1.29, 1.82) is 0 Å². The second kappa shape index (κ2) is 6.76. The molecule has 0 atom stereocenters. The number of hydrogen-bond acceptors (Lipinski definition) is 4. The Labute approximate surface area is 128 Å². The topological polar surface area (TPSA) is 68.0 Å². The van der Waals surface area contributed by atoms with Gasteiger partial charge in [-0.05, 0) is 32.4 Å². The van der Waals surface area contributed by atoms with E-state index in [1.54, 1.807) is 0 Å². The fraction of sp³-hybridized carbons (Fsp3) is 0.400. The van der Waals surface area contributed by atoms with Gasteiger partial charge in [-0.2, -0.15) is 0 Å². The van der Waals surface area contributed by atoms with E-state index in [-0.39, 0.29) is 5.75 Å². The molecule has 0 unspecified atom stereocenters. The Morgan fingerprint density at radius 3 is 2.48 bits per heavy atom. The van der Waals surface area contributed by atoms with Crippen LogP contribution in [0.1, 0.15) is 24.5 Å². The minimum atomic E-state index is -0.848. The minimum Gasteiger partial charge on any atom is -0.481 e. The van der Waals surface area contributed by atoms with Gasteiger partial charge in [-0.25, -0.2) is 0 Å². The molecule has 2 aromatic rings. The maximum absolute atomic E-state index is 10.7. The number of aliphatic carboxylic acids is 1. The van der Waals surface area contributed by atoms with E-state index in [4.69, 9.17) is 5.11 Å². The molecule has 21 heavy (non-hydrogen) atoms. The number of rotatable bonds is 6. The van der Waals surface area contributed by atoms with Crippen molar-refractivity contribution in [2.24, 2.45) is 0 Å². The highest BCUT2D eigenvalue weighted by Crippen LogP contribution is 2.25. The van der Waals surface area contributed by atoms with Crippen LogP contribution in [0.3, 0.4) is 0 Å². The van der Waals surface area contributed by atoms with Gasteiger partial charge in [0.15, 0.2) is 11.0 Å². The number of aryl methyl sites for hydroxylation is 2. The summed E-state index contributed by atoms with van der Waals surface area (Å²) in [7, 11) is 0. The summed E-state index contributed by atoms with van der Waals surface area (Å²) in [6, 6.07) is 6.27. The summed E-state index contributed by atoms with van der Waals surface area (Å²) in [5.41, 5.74) is 3.38. The van der Waals surface area contributed by atoms with Gasteiger partial charge >= 0.3 is 5.97 Å². The van der Waals surface area contributed by atoms with Crippen molar-refractivity contribution in [2.45, 2.75) is 38.9 Å². The van der Waals surface area contributed by atoms with Crippen molar-refractivity contribution >= 4 is 17.7 Å². The fourth-order valence-corrected chi connectivity index (χ4v) is 2.95. The summed E-state index contributed by atoms with van der Waals surface area (Å²) in [4.78, 5) is 10.7. The van der Waals surface area contributed by atoms with Gasteiger partial charge in [-0.3, -0.25) is 4.79 Å².